The number of hydrogen-bond acceptors (Lipinski definition) is 5. The number of rotatable bonds is 7. The molecule has 168 valence electrons. The molecule has 0 aromatic heterocycles. The molecule has 0 radical (unpaired) electrons. The van der Waals surface area contributed by atoms with Gasteiger partial charge in [0, 0.05) is 43.2 Å². The predicted octanol–water partition coefficient (Wildman–Crippen LogP) is 3.22. The lowest BCUT2D eigenvalue weighted by Gasteiger charge is -2.33. The first-order valence-electron chi connectivity index (χ1n) is 11.5. The van der Waals surface area contributed by atoms with Crippen molar-refractivity contribution in [1.29, 1.82) is 0 Å². The van der Waals surface area contributed by atoms with Crippen LogP contribution in [0.5, 0.6) is 0 Å². The number of para-hydroxylation sites is 1. The third-order valence-corrected chi connectivity index (χ3v) is 7.66. The predicted molar refractivity (Wildman–Crippen MR) is 120 cm³/mol. The Bertz CT molecular complexity index is 995. The first-order valence-corrected chi connectivity index (χ1v) is 11.5. The molecule has 2 aliphatic carbocycles. The quantitative estimate of drug-likeness (QED) is 0.514. The number of nitro groups is 1. The van der Waals surface area contributed by atoms with Gasteiger partial charge in [0.15, 0.2) is 5.60 Å². The van der Waals surface area contributed by atoms with Gasteiger partial charge >= 0.3 is 0 Å². The number of likely N-dealkylation sites (tertiary alicyclic amines) is 1. The highest BCUT2D eigenvalue weighted by Gasteiger charge is 2.58. The van der Waals surface area contributed by atoms with Gasteiger partial charge in [-0.3, -0.25) is 19.8 Å². The zero-order chi connectivity index (χ0) is 22.3. The number of aliphatic hydroxyl groups is 1. The second-order valence-corrected chi connectivity index (χ2v) is 9.52. The van der Waals surface area contributed by atoms with Crippen molar-refractivity contribution in [3.05, 3.63) is 75.8 Å². The largest absolute Gasteiger partial charge is 0.375 e. The third-order valence-electron chi connectivity index (χ3n) is 7.66. The smallest absolute Gasteiger partial charge is 0.273 e. The highest BCUT2D eigenvalue weighted by atomic mass is 16.6. The Morgan fingerprint density at radius 3 is 2.34 bits per heavy atom. The van der Waals surface area contributed by atoms with Crippen LogP contribution in [0.4, 0.5) is 5.69 Å². The SMILES string of the molecule is O=C(N[C@H]1C2CN(Cc3ccccc3[N+](=O)[O-])C[C@@H]21)C(O)(c1ccccc1)C1CCCC1. The number of carbonyl (C=O) groups is 1. The monoisotopic (exact) mass is 435 g/mol. The number of benzene rings is 2. The molecule has 1 saturated heterocycles. The van der Waals surface area contributed by atoms with Crippen LogP contribution < -0.4 is 5.32 Å². The van der Waals surface area contributed by atoms with Crippen molar-refractivity contribution >= 4 is 11.6 Å². The summed E-state index contributed by atoms with van der Waals surface area (Å²) in [4.78, 5) is 26.5. The van der Waals surface area contributed by atoms with Crippen molar-refractivity contribution in [1.82, 2.24) is 10.2 Å². The number of amides is 1. The minimum Gasteiger partial charge on any atom is -0.375 e. The highest BCUT2D eigenvalue weighted by Crippen LogP contribution is 2.47. The molecule has 2 saturated carbocycles. The van der Waals surface area contributed by atoms with Crippen molar-refractivity contribution in [3.63, 3.8) is 0 Å². The minimum absolute atomic E-state index is 0.0568. The molecule has 1 amide bonds. The number of carbonyl (C=O) groups excluding carboxylic acids is 1. The second-order valence-electron chi connectivity index (χ2n) is 9.52. The van der Waals surface area contributed by atoms with Crippen molar-refractivity contribution in [2.24, 2.45) is 17.8 Å². The van der Waals surface area contributed by atoms with Crippen LogP contribution in [0.2, 0.25) is 0 Å². The average Bonchev–Trinajstić information content (AvgIpc) is 3.22. The molecule has 1 aliphatic heterocycles. The molecule has 3 fully saturated rings. The van der Waals surface area contributed by atoms with Gasteiger partial charge in [0.1, 0.15) is 0 Å². The molecule has 5 rings (SSSR count). The molecule has 3 aliphatic rings. The molecule has 7 heteroatoms. The maximum absolute atomic E-state index is 13.4. The molecule has 0 spiro atoms. The number of piperidine rings is 1. The molecule has 2 unspecified atom stereocenters. The molecule has 2 N–H and O–H groups in total. The van der Waals surface area contributed by atoms with Crippen molar-refractivity contribution in [2.45, 2.75) is 43.9 Å². The fourth-order valence-electron chi connectivity index (χ4n) is 5.87. The van der Waals surface area contributed by atoms with Crippen LogP contribution >= 0.6 is 0 Å². The van der Waals surface area contributed by atoms with E-state index in [1.54, 1.807) is 12.1 Å². The van der Waals surface area contributed by atoms with Gasteiger partial charge in [-0.2, -0.15) is 0 Å². The van der Waals surface area contributed by atoms with E-state index >= 15 is 0 Å². The van der Waals surface area contributed by atoms with Gasteiger partial charge in [0.25, 0.3) is 11.6 Å². The fraction of sp³-hybridized carbons (Fsp3) is 0.480. The van der Waals surface area contributed by atoms with E-state index in [4.69, 9.17) is 0 Å². The molecular formula is C25H29N3O4. The van der Waals surface area contributed by atoms with Crippen LogP contribution in [0, 0.1) is 27.9 Å². The van der Waals surface area contributed by atoms with Crippen LogP contribution in [0.3, 0.4) is 0 Å². The molecule has 1 heterocycles. The maximum Gasteiger partial charge on any atom is 0.273 e. The van der Waals surface area contributed by atoms with Crippen LogP contribution in [0.25, 0.3) is 0 Å². The first-order chi connectivity index (χ1) is 15.5. The van der Waals surface area contributed by atoms with Crippen molar-refractivity contribution in [3.8, 4) is 0 Å². The Balaban J connectivity index is 1.23. The molecule has 2 aromatic rings. The summed E-state index contributed by atoms with van der Waals surface area (Å²) in [5.41, 5.74) is 0.0635. The van der Waals surface area contributed by atoms with E-state index in [0.717, 1.165) is 44.3 Å². The van der Waals surface area contributed by atoms with Gasteiger partial charge in [-0.25, -0.2) is 0 Å². The number of fused-ring (bicyclic) bond motifs is 1. The Morgan fingerprint density at radius 1 is 1.06 bits per heavy atom. The molecule has 32 heavy (non-hydrogen) atoms. The van der Waals surface area contributed by atoms with Crippen LogP contribution in [-0.4, -0.2) is 40.0 Å². The highest BCUT2D eigenvalue weighted by molar-refractivity contribution is 5.87. The lowest BCUT2D eigenvalue weighted by atomic mass is 9.79. The number of nitrogens with one attached hydrogen (secondary N) is 1. The number of nitro benzene ring substituents is 1. The van der Waals surface area contributed by atoms with Gasteiger partial charge in [-0.05, 0) is 30.2 Å². The molecular weight excluding hydrogens is 406 g/mol. The summed E-state index contributed by atoms with van der Waals surface area (Å²) in [5, 5.41) is 26.1. The van der Waals surface area contributed by atoms with E-state index in [0.29, 0.717) is 23.9 Å². The summed E-state index contributed by atoms with van der Waals surface area (Å²) in [6, 6.07) is 16.3. The summed E-state index contributed by atoms with van der Waals surface area (Å²) in [6.45, 7) is 2.14. The molecule has 7 nitrogen and oxygen atoms in total. The number of hydrogen-bond donors (Lipinski definition) is 2. The summed E-state index contributed by atoms with van der Waals surface area (Å²) in [6.07, 6.45) is 3.81. The summed E-state index contributed by atoms with van der Waals surface area (Å²) in [5.74, 6) is 0.342. The normalized spacial score (nSPS) is 27.0. The number of nitrogens with zero attached hydrogens (tertiary/aromatic N) is 2. The fourth-order valence-corrected chi connectivity index (χ4v) is 5.87. The topological polar surface area (TPSA) is 95.7 Å². The minimum atomic E-state index is -1.49. The Morgan fingerprint density at radius 2 is 1.69 bits per heavy atom. The molecule has 4 atom stereocenters. The van der Waals surface area contributed by atoms with E-state index in [1.165, 1.54) is 0 Å². The van der Waals surface area contributed by atoms with Crippen LogP contribution in [0.15, 0.2) is 54.6 Å². The van der Waals surface area contributed by atoms with Gasteiger partial charge in [0.2, 0.25) is 0 Å². The van der Waals surface area contributed by atoms with E-state index in [1.807, 2.05) is 42.5 Å². The standard InChI is InChI=1S/C25H29N3O4/c29-24(25(30,19-11-5-6-12-19)18-9-2-1-3-10-18)26-23-20-15-27(16-21(20)23)14-17-8-4-7-13-22(17)28(31)32/h1-4,7-10,13,19-21,23,30H,5-6,11-12,14-16H2,(H,26,29)/t20-,21?,23+,25?/m0/s1. The average molecular weight is 436 g/mol. The first kappa shape index (κ1) is 21.1. The van der Waals surface area contributed by atoms with E-state index in [9.17, 15) is 20.0 Å². The maximum atomic E-state index is 13.4. The second kappa shape index (κ2) is 8.30. The van der Waals surface area contributed by atoms with E-state index < -0.39 is 5.60 Å². The molecule has 0 bridgehead atoms. The van der Waals surface area contributed by atoms with Gasteiger partial charge in [0.05, 0.1) is 4.92 Å². The van der Waals surface area contributed by atoms with Gasteiger partial charge < -0.3 is 10.4 Å². The van der Waals surface area contributed by atoms with E-state index in [-0.39, 0.29) is 28.5 Å². The van der Waals surface area contributed by atoms with E-state index in [2.05, 4.69) is 10.2 Å². The zero-order valence-corrected chi connectivity index (χ0v) is 18.0. The third kappa shape index (κ3) is 3.69. The zero-order valence-electron chi connectivity index (χ0n) is 18.0. The molecule has 2 aromatic carbocycles. The summed E-state index contributed by atoms with van der Waals surface area (Å²) < 4.78 is 0. The Hall–Kier alpha value is -2.77. The van der Waals surface area contributed by atoms with Crippen molar-refractivity contribution < 1.29 is 14.8 Å². The van der Waals surface area contributed by atoms with Crippen LogP contribution in [0.1, 0.15) is 36.8 Å². The Kier molecular flexibility index (Phi) is 5.47. The van der Waals surface area contributed by atoms with Crippen LogP contribution in [-0.2, 0) is 16.9 Å². The van der Waals surface area contributed by atoms with Gasteiger partial charge in [-0.15, -0.1) is 0 Å². The van der Waals surface area contributed by atoms with Gasteiger partial charge in [-0.1, -0.05) is 61.4 Å². The lowest BCUT2D eigenvalue weighted by Crippen LogP contribution is -2.50. The summed E-state index contributed by atoms with van der Waals surface area (Å²) >= 11 is 0. The summed E-state index contributed by atoms with van der Waals surface area (Å²) in [7, 11) is 0. The Labute approximate surface area is 187 Å². The lowest BCUT2D eigenvalue weighted by molar-refractivity contribution is -0.385. The van der Waals surface area contributed by atoms with Crippen molar-refractivity contribution in [2.75, 3.05) is 13.1 Å².